The van der Waals surface area contributed by atoms with E-state index in [4.69, 9.17) is 17.7 Å². The fourth-order valence-electron chi connectivity index (χ4n) is 1.94. The van der Waals surface area contributed by atoms with Gasteiger partial charge in [-0.3, -0.25) is 0 Å². The molecule has 7 nitrogen and oxygen atoms in total. The Bertz CT molecular complexity index is 1070. The zero-order chi connectivity index (χ0) is 25.0. The topological polar surface area (TPSA) is 96.0 Å². The van der Waals surface area contributed by atoms with Gasteiger partial charge >= 0.3 is 23.9 Å². The summed E-state index contributed by atoms with van der Waals surface area (Å²) in [7, 11) is 0. The third-order valence-electron chi connectivity index (χ3n) is 3.08. The van der Waals surface area contributed by atoms with Gasteiger partial charge in [-0.1, -0.05) is 24.2 Å². The van der Waals surface area contributed by atoms with Crippen LogP contribution in [0.4, 0.5) is 0 Å². The monoisotopic (exact) mass is 376 g/mol. The van der Waals surface area contributed by atoms with Crippen LogP contribution < -0.4 is 0 Å². The lowest BCUT2D eigenvalue weighted by Gasteiger charge is -2.10. The van der Waals surface area contributed by atoms with Crippen molar-refractivity contribution in [3.8, 4) is 0 Å². The van der Waals surface area contributed by atoms with Crippen molar-refractivity contribution in [2.45, 2.75) is 13.8 Å². The fraction of sp³-hybridized carbons (Fsp3) is 0.200. The van der Waals surface area contributed by atoms with Crippen molar-refractivity contribution in [3.63, 3.8) is 0 Å². The van der Waals surface area contributed by atoms with Crippen LogP contribution in [0.25, 0.3) is 0 Å². The van der Waals surface area contributed by atoms with Crippen LogP contribution in [0.2, 0.25) is 0 Å². The van der Waals surface area contributed by atoms with Crippen LogP contribution in [0.3, 0.4) is 0 Å². The van der Waals surface area contributed by atoms with Gasteiger partial charge in [-0.25, -0.2) is 19.2 Å². The van der Waals surface area contributed by atoms with E-state index in [1.165, 1.54) is 13.8 Å². The van der Waals surface area contributed by atoms with Crippen molar-refractivity contribution >= 4 is 23.9 Å². The molecule has 0 saturated carbocycles. The minimum Gasteiger partial charge on any atom is -0.462 e. The second-order valence-corrected chi connectivity index (χ2v) is 4.77. The van der Waals surface area contributed by atoms with E-state index in [0.717, 1.165) is 12.1 Å². The fourth-order valence-corrected chi connectivity index (χ4v) is 1.94. The maximum atomic E-state index is 12.7. The molecule has 0 spiro atoms. The molecule has 0 aromatic heterocycles. The van der Waals surface area contributed by atoms with Gasteiger partial charge in [0.25, 0.3) is 0 Å². The highest BCUT2D eigenvalue weighted by molar-refractivity contribution is 6.10. The molecule has 27 heavy (non-hydrogen) atoms. The molecule has 0 aliphatic heterocycles. The molecule has 0 unspecified atom stereocenters. The van der Waals surface area contributed by atoms with Crippen LogP contribution in [0.5, 0.6) is 0 Å². The number of hydrogen-bond donors (Lipinski definition) is 0. The Kier molecular flexibility index (Phi) is 4.40. The van der Waals surface area contributed by atoms with Gasteiger partial charge in [0.05, 0.1) is 43.7 Å². The van der Waals surface area contributed by atoms with E-state index in [2.05, 4.69) is 4.74 Å². The SMILES string of the molecule is [2H]c1cc(C(=O)OCC)c(C(=O)OC(=O)c2c(C(=O)OCC)cc([2H])c([2H])c2[2H])c([2H])c1[2H]. The second kappa shape index (κ2) is 9.28. The molecule has 0 bridgehead atoms. The second-order valence-electron chi connectivity index (χ2n) is 4.77. The highest BCUT2D eigenvalue weighted by Crippen LogP contribution is 2.16. The summed E-state index contributed by atoms with van der Waals surface area (Å²) in [6.07, 6.45) is 0. The first-order valence-electron chi connectivity index (χ1n) is 10.8. The summed E-state index contributed by atoms with van der Waals surface area (Å²) < 4.78 is 61.0. The molecule has 2 rings (SSSR count). The summed E-state index contributed by atoms with van der Waals surface area (Å²) in [5.74, 6) is -5.34. The van der Waals surface area contributed by atoms with Gasteiger partial charge in [0.2, 0.25) is 0 Å². The van der Waals surface area contributed by atoms with Gasteiger partial charge in [0.1, 0.15) is 0 Å². The maximum absolute atomic E-state index is 12.7. The van der Waals surface area contributed by atoms with Crippen LogP contribution in [0, 0.1) is 0 Å². The molecule has 2 aromatic carbocycles. The van der Waals surface area contributed by atoms with E-state index < -0.39 is 82.4 Å². The maximum Gasteiger partial charge on any atom is 0.346 e. The first-order valence-corrected chi connectivity index (χ1v) is 7.78. The minimum absolute atomic E-state index is 0.105. The summed E-state index contributed by atoms with van der Waals surface area (Å²) in [5.41, 5.74) is -2.81. The number of carbonyl (C=O) groups is 4. The summed E-state index contributed by atoms with van der Waals surface area (Å²) in [6.45, 7) is 2.74. The first-order chi connectivity index (χ1) is 15.5. The summed E-state index contributed by atoms with van der Waals surface area (Å²) in [5, 5.41) is 0. The van der Waals surface area contributed by atoms with Gasteiger partial charge in [0.15, 0.2) is 0 Å². The van der Waals surface area contributed by atoms with Crippen LogP contribution in [-0.4, -0.2) is 37.1 Å². The third kappa shape index (κ3) is 4.78. The minimum atomic E-state index is -1.57. The average Bonchev–Trinajstić information content (AvgIpc) is 2.75. The molecule has 0 heterocycles. The normalized spacial score (nSPS) is 13.1. The smallest absolute Gasteiger partial charge is 0.346 e. The highest BCUT2D eigenvalue weighted by Gasteiger charge is 2.24. The van der Waals surface area contributed by atoms with Gasteiger partial charge in [-0.05, 0) is 38.1 Å². The standard InChI is InChI=1S/C20H18O7/c1-3-25-17(21)13-9-5-7-11-15(13)19(23)27-20(24)16-12-8-6-10-14(16)18(22)26-4-2/h5-12H,3-4H2,1-2H3/i5D,6D,7D,8D,11D,12D. The Morgan fingerprint density at radius 2 is 1.11 bits per heavy atom. The molecule has 0 radical (unpaired) electrons. The van der Waals surface area contributed by atoms with Crippen molar-refractivity contribution in [1.29, 1.82) is 0 Å². The van der Waals surface area contributed by atoms with Crippen LogP contribution in [0.15, 0.2) is 48.4 Å². The van der Waals surface area contributed by atoms with E-state index in [1.54, 1.807) is 0 Å². The van der Waals surface area contributed by atoms with Gasteiger partial charge in [-0.2, -0.15) is 0 Å². The Balaban J connectivity index is 2.59. The molecule has 0 fully saturated rings. The van der Waals surface area contributed by atoms with Crippen molar-refractivity contribution in [3.05, 3.63) is 70.6 Å². The zero-order valence-electron chi connectivity index (χ0n) is 20.4. The molecule has 0 aliphatic rings. The van der Waals surface area contributed by atoms with Crippen LogP contribution in [-0.2, 0) is 14.2 Å². The Morgan fingerprint density at radius 3 is 1.48 bits per heavy atom. The molecule has 0 N–H and O–H groups in total. The van der Waals surface area contributed by atoms with Crippen LogP contribution in [0.1, 0.15) is 63.5 Å². The van der Waals surface area contributed by atoms with E-state index >= 15 is 0 Å². The van der Waals surface area contributed by atoms with Gasteiger partial charge in [0, 0.05) is 0 Å². The third-order valence-corrected chi connectivity index (χ3v) is 3.08. The molecule has 140 valence electrons. The van der Waals surface area contributed by atoms with Crippen molar-refractivity contribution in [2.24, 2.45) is 0 Å². The summed E-state index contributed by atoms with van der Waals surface area (Å²) in [4.78, 5) is 49.9. The number of esters is 4. The average molecular weight is 376 g/mol. The molecule has 0 atom stereocenters. The van der Waals surface area contributed by atoms with E-state index in [9.17, 15) is 19.2 Å². The van der Waals surface area contributed by atoms with E-state index in [-0.39, 0.29) is 13.2 Å². The molecule has 0 saturated heterocycles. The Hall–Kier alpha value is -3.48. The van der Waals surface area contributed by atoms with Gasteiger partial charge < -0.3 is 14.2 Å². The lowest BCUT2D eigenvalue weighted by atomic mass is 10.1. The van der Waals surface area contributed by atoms with Crippen molar-refractivity contribution in [1.82, 2.24) is 0 Å². The quantitative estimate of drug-likeness (QED) is 0.434. The van der Waals surface area contributed by atoms with Crippen molar-refractivity contribution < 1.29 is 41.6 Å². The highest BCUT2D eigenvalue weighted by atomic mass is 16.6. The largest absolute Gasteiger partial charge is 0.462 e. The van der Waals surface area contributed by atoms with Crippen LogP contribution >= 0.6 is 0 Å². The summed E-state index contributed by atoms with van der Waals surface area (Å²) >= 11 is 0. The molecule has 2 aromatic rings. The zero-order valence-corrected chi connectivity index (χ0v) is 14.4. The lowest BCUT2D eigenvalue weighted by molar-refractivity contribution is 0.0375. The molecule has 0 amide bonds. The predicted octanol–water partition coefficient (Wildman–Crippen LogP) is 3.04. The number of rotatable bonds is 6. The number of ether oxygens (including phenoxy) is 3. The van der Waals surface area contributed by atoms with E-state index in [1.807, 2.05) is 0 Å². The Morgan fingerprint density at radius 1 is 0.704 bits per heavy atom. The first kappa shape index (κ1) is 12.8. The van der Waals surface area contributed by atoms with Gasteiger partial charge in [-0.15, -0.1) is 0 Å². The number of hydrogen-bond acceptors (Lipinski definition) is 7. The number of carbonyl (C=O) groups excluding carboxylic acids is 4. The van der Waals surface area contributed by atoms with Crippen molar-refractivity contribution in [2.75, 3.05) is 13.2 Å². The number of benzene rings is 2. The Labute approximate surface area is 164 Å². The summed E-state index contributed by atoms with van der Waals surface area (Å²) in [6, 6.07) is -2.65. The molecule has 7 heteroatoms. The molecular weight excluding hydrogens is 352 g/mol. The van der Waals surface area contributed by atoms with E-state index in [0.29, 0.717) is 0 Å². The molecule has 0 aliphatic carbocycles. The molecular formula is C20H18O7. The predicted molar refractivity (Wildman–Crippen MR) is 94.5 cm³/mol. The lowest BCUT2D eigenvalue weighted by Crippen LogP contribution is -2.19.